The van der Waals surface area contributed by atoms with Crippen molar-refractivity contribution in [2.45, 2.75) is 44.3 Å². The Morgan fingerprint density at radius 2 is 2.20 bits per heavy atom. The first-order chi connectivity index (χ1) is 9.52. The van der Waals surface area contributed by atoms with Crippen LogP contribution in [-0.2, 0) is 12.4 Å². The van der Waals surface area contributed by atoms with Gasteiger partial charge in [-0.3, -0.25) is 14.8 Å². The molecule has 2 rings (SSSR count). The lowest BCUT2D eigenvalue weighted by Gasteiger charge is -2.08. The van der Waals surface area contributed by atoms with E-state index in [2.05, 4.69) is 29.1 Å². The van der Waals surface area contributed by atoms with Gasteiger partial charge >= 0.3 is 5.69 Å². The highest BCUT2D eigenvalue weighted by molar-refractivity contribution is 7.98. The summed E-state index contributed by atoms with van der Waals surface area (Å²) in [7, 11) is 0. The lowest BCUT2D eigenvalue weighted by Crippen LogP contribution is -2.05. The number of aromatic nitrogens is 5. The lowest BCUT2D eigenvalue weighted by atomic mass is 10.2. The van der Waals surface area contributed by atoms with Crippen LogP contribution in [0.5, 0.6) is 0 Å². The number of nitro groups is 1. The molecule has 2 aromatic heterocycles. The molecule has 8 nitrogen and oxygen atoms in total. The lowest BCUT2D eigenvalue weighted by molar-refractivity contribution is -0.385. The van der Waals surface area contributed by atoms with Crippen LogP contribution in [0, 0.1) is 10.1 Å². The molecule has 20 heavy (non-hydrogen) atoms. The van der Waals surface area contributed by atoms with E-state index >= 15 is 0 Å². The van der Waals surface area contributed by atoms with Crippen molar-refractivity contribution in [3.63, 3.8) is 0 Å². The minimum atomic E-state index is -0.459. The van der Waals surface area contributed by atoms with Gasteiger partial charge in [-0.05, 0) is 6.92 Å². The molecule has 0 aromatic carbocycles. The molecular formula is C11H16N6O2S. The van der Waals surface area contributed by atoms with E-state index in [4.69, 9.17) is 0 Å². The van der Waals surface area contributed by atoms with E-state index in [0.717, 1.165) is 17.5 Å². The quantitative estimate of drug-likeness (QED) is 0.461. The molecule has 0 unspecified atom stereocenters. The maximum Gasteiger partial charge on any atom is 0.307 e. The van der Waals surface area contributed by atoms with Gasteiger partial charge in [-0.25, -0.2) is 0 Å². The first-order valence-corrected chi connectivity index (χ1v) is 7.24. The largest absolute Gasteiger partial charge is 0.307 e. The van der Waals surface area contributed by atoms with Gasteiger partial charge in [-0.2, -0.15) is 5.10 Å². The topological polar surface area (TPSA) is 91.7 Å². The Balaban J connectivity index is 2.08. The molecule has 0 amide bonds. The third-order valence-corrected chi connectivity index (χ3v) is 3.69. The molecule has 0 radical (unpaired) electrons. The number of thioether (sulfide) groups is 1. The van der Waals surface area contributed by atoms with Crippen molar-refractivity contribution >= 4 is 17.4 Å². The van der Waals surface area contributed by atoms with Gasteiger partial charge in [0.15, 0.2) is 5.16 Å². The molecule has 2 aromatic rings. The van der Waals surface area contributed by atoms with E-state index in [1.807, 2.05) is 11.5 Å². The van der Waals surface area contributed by atoms with Crippen LogP contribution in [-0.4, -0.2) is 29.5 Å². The normalized spacial score (nSPS) is 11.2. The zero-order valence-electron chi connectivity index (χ0n) is 11.6. The van der Waals surface area contributed by atoms with Crippen LogP contribution in [0.15, 0.2) is 17.6 Å². The molecule has 0 aliphatic rings. The van der Waals surface area contributed by atoms with Crippen molar-refractivity contribution in [2.75, 3.05) is 0 Å². The zero-order valence-corrected chi connectivity index (χ0v) is 12.4. The van der Waals surface area contributed by atoms with Crippen LogP contribution >= 0.6 is 11.8 Å². The van der Waals surface area contributed by atoms with Crippen LogP contribution in [0.4, 0.5) is 5.69 Å². The van der Waals surface area contributed by atoms with Gasteiger partial charge in [0, 0.05) is 12.5 Å². The Kier molecular flexibility index (Phi) is 4.38. The van der Waals surface area contributed by atoms with Crippen LogP contribution in [0.3, 0.4) is 0 Å². The fourth-order valence-corrected chi connectivity index (χ4v) is 2.64. The van der Waals surface area contributed by atoms with Crippen molar-refractivity contribution in [1.82, 2.24) is 24.5 Å². The minimum Gasteiger partial charge on any atom is -0.306 e. The summed E-state index contributed by atoms with van der Waals surface area (Å²) in [6.45, 7) is 6.98. The summed E-state index contributed by atoms with van der Waals surface area (Å²) < 4.78 is 3.57. The molecule has 0 aliphatic carbocycles. The zero-order chi connectivity index (χ0) is 14.7. The Hall–Kier alpha value is -1.90. The molecule has 0 spiro atoms. The average Bonchev–Trinajstić information content (AvgIpc) is 3.02. The SMILES string of the molecule is CCn1c(SCn2cc([N+](=O)[O-])cn2)nnc1C(C)C. The van der Waals surface area contributed by atoms with Gasteiger partial charge in [0.25, 0.3) is 0 Å². The van der Waals surface area contributed by atoms with Crippen LogP contribution in [0.1, 0.15) is 32.5 Å². The fraction of sp³-hybridized carbons (Fsp3) is 0.545. The molecule has 0 saturated carbocycles. The van der Waals surface area contributed by atoms with Crippen LogP contribution < -0.4 is 0 Å². The molecule has 0 saturated heterocycles. The summed E-state index contributed by atoms with van der Waals surface area (Å²) in [6, 6.07) is 0. The van der Waals surface area contributed by atoms with E-state index in [-0.39, 0.29) is 5.69 Å². The Morgan fingerprint density at radius 1 is 1.45 bits per heavy atom. The summed E-state index contributed by atoms with van der Waals surface area (Å²) in [5.74, 6) is 1.72. The highest BCUT2D eigenvalue weighted by Gasteiger charge is 2.15. The van der Waals surface area contributed by atoms with Crippen molar-refractivity contribution in [2.24, 2.45) is 0 Å². The predicted molar refractivity (Wildman–Crippen MR) is 74.5 cm³/mol. The molecule has 0 aliphatic heterocycles. The summed E-state index contributed by atoms with van der Waals surface area (Å²) in [6.07, 6.45) is 2.65. The standard InChI is InChI=1S/C11H16N6O2S/c1-4-16-10(8(2)3)13-14-11(16)20-7-15-6-9(5-12-15)17(18)19/h5-6,8H,4,7H2,1-3H3. The Bertz CT molecular complexity index is 606. The molecular weight excluding hydrogens is 280 g/mol. The molecule has 0 atom stereocenters. The molecule has 9 heteroatoms. The number of hydrogen-bond donors (Lipinski definition) is 0. The van der Waals surface area contributed by atoms with Gasteiger partial charge in [0.2, 0.25) is 0 Å². The van der Waals surface area contributed by atoms with Crippen molar-refractivity contribution in [3.05, 3.63) is 28.3 Å². The average molecular weight is 296 g/mol. The van der Waals surface area contributed by atoms with Crippen molar-refractivity contribution in [1.29, 1.82) is 0 Å². The van der Waals surface area contributed by atoms with E-state index in [1.165, 1.54) is 28.8 Å². The van der Waals surface area contributed by atoms with Gasteiger partial charge in [0.05, 0.1) is 10.8 Å². The maximum absolute atomic E-state index is 10.6. The van der Waals surface area contributed by atoms with Gasteiger partial charge in [-0.1, -0.05) is 25.6 Å². The number of rotatable bonds is 6. The third-order valence-electron chi connectivity index (χ3n) is 2.73. The van der Waals surface area contributed by atoms with Crippen LogP contribution in [0.2, 0.25) is 0 Å². The summed E-state index contributed by atoms with van der Waals surface area (Å²) >= 11 is 1.46. The van der Waals surface area contributed by atoms with Gasteiger partial charge < -0.3 is 4.57 Å². The number of hydrogen-bond acceptors (Lipinski definition) is 6. The van der Waals surface area contributed by atoms with E-state index in [9.17, 15) is 10.1 Å². The summed E-state index contributed by atoms with van der Waals surface area (Å²) in [5.41, 5.74) is -0.00886. The molecule has 108 valence electrons. The smallest absolute Gasteiger partial charge is 0.306 e. The van der Waals surface area contributed by atoms with Crippen molar-refractivity contribution < 1.29 is 4.92 Å². The van der Waals surface area contributed by atoms with Crippen molar-refractivity contribution in [3.8, 4) is 0 Å². The van der Waals surface area contributed by atoms with Crippen LogP contribution in [0.25, 0.3) is 0 Å². The second-order valence-electron chi connectivity index (χ2n) is 4.51. The monoisotopic (exact) mass is 296 g/mol. The Morgan fingerprint density at radius 3 is 2.75 bits per heavy atom. The molecule has 0 fully saturated rings. The second-order valence-corrected chi connectivity index (χ2v) is 5.42. The molecule has 0 bridgehead atoms. The van der Waals surface area contributed by atoms with E-state index in [1.54, 1.807) is 0 Å². The highest BCUT2D eigenvalue weighted by Crippen LogP contribution is 2.22. The van der Waals surface area contributed by atoms with E-state index in [0.29, 0.717) is 11.8 Å². The first kappa shape index (κ1) is 14.5. The van der Waals surface area contributed by atoms with Gasteiger partial charge in [0.1, 0.15) is 18.2 Å². The predicted octanol–water partition coefficient (Wildman–Crippen LogP) is 2.28. The van der Waals surface area contributed by atoms with E-state index < -0.39 is 4.92 Å². The summed E-state index contributed by atoms with van der Waals surface area (Å²) in [5, 5.41) is 23.7. The minimum absolute atomic E-state index is 0.00886. The molecule has 0 N–H and O–H groups in total. The highest BCUT2D eigenvalue weighted by atomic mass is 32.2. The first-order valence-electron chi connectivity index (χ1n) is 6.25. The maximum atomic E-state index is 10.6. The second kappa shape index (κ2) is 6.04. The van der Waals surface area contributed by atoms with Gasteiger partial charge in [-0.15, -0.1) is 10.2 Å². The Labute approximate surface area is 120 Å². The fourth-order valence-electron chi connectivity index (χ4n) is 1.77. The summed E-state index contributed by atoms with van der Waals surface area (Å²) in [4.78, 5) is 10.1. The number of nitrogens with zero attached hydrogens (tertiary/aromatic N) is 6. The molecule has 2 heterocycles. The third kappa shape index (κ3) is 2.98.